The van der Waals surface area contributed by atoms with Gasteiger partial charge in [0, 0.05) is 38.3 Å². The maximum absolute atomic E-state index is 14.0. The van der Waals surface area contributed by atoms with Crippen molar-refractivity contribution in [3.05, 3.63) is 95.8 Å². The van der Waals surface area contributed by atoms with Crippen LogP contribution in [0.4, 0.5) is 10.1 Å². The molecule has 0 unspecified atom stereocenters. The molecule has 1 heterocycles. The summed E-state index contributed by atoms with van der Waals surface area (Å²) < 4.78 is 19.7. The molecule has 2 amide bonds. The Hall–Kier alpha value is -3.87. The Kier molecular flexibility index (Phi) is 7.19. The van der Waals surface area contributed by atoms with E-state index in [1.54, 1.807) is 47.4 Å². The smallest absolute Gasteiger partial charge is 0.260 e. The summed E-state index contributed by atoms with van der Waals surface area (Å²) >= 11 is 0. The molecule has 1 aliphatic rings. The Bertz CT molecular complexity index is 1100. The summed E-state index contributed by atoms with van der Waals surface area (Å²) in [6.07, 6.45) is 0. The minimum absolute atomic E-state index is 0.116. The van der Waals surface area contributed by atoms with E-state index < -0.39 is 0 Å². The van der Waals surface area contributed by atoms with Crippen LogP contribution in [0.3, 0.4) is 0 Å². The second-order valence-corrected chi connectivity index (χ2v) is 7.80. The molecular formula is C26H26FN3O3. The molecule has 0 aliphatic carbocycles. The fourth-order valence-corrected chi connectivity index (χ4v) is 3.75. The summed E-state index contributed by atoms with van der Waals surface area (Å²) in [7, 11) is 0. The molecule has 3 aromatic carbocycles. The lowest BCUT2D eigenvalue weighted by atomic mass is 10.2. The molecule has 1 N–H and O–H groups in total. The standard InChI is InChI=1S/C26H26FN3O3/c27-23-11-4-5-12-24(23)29-13-15-30(16-14-29)25(31)19-33-22-10-6-9-21(17-22)26(32)28-18-20-7-2-1-3-8-20/h1-12,17H,13-16,18-19H2,(H,28,32). The number of nitrogens with one attached hydrogen (secondary N) is 1. The van der Waals surface area contributed by atoms with Crippen LogP contribution in [0.5, 0.6) is 5.75 Å². The summed E-state index contributed by atoms with van der Waals surface area (Å²) in [6.45, 7) is 2.43. The lowest BCUT2D eigenvalue weighted by Gasteiger charge is -2.36. The average Bonchev–Trinajstić information content (AvgIpc) is 2.87. The van der Waals surface area contributed by atoms with Gasteiger partial charge < -0.3 is 19.9 Å². The van der Waals surface area contributed by atoms with Gasteiger partial charge in [0.2, 0.25) is 0 Å². The normalized spacial score (nSPS) is 13.5. The molecule has 6 nitrogen and oxygen atoms in total. The molecule has 0 spiro atoms. The van der Waals surface area contributed by atoms with Crippen LogP contribution in [0.1, 0.15) is 15.9 Å². The van der Waals surface area contributed by atoms with Gasteiger partial charge in [0.05, 0.1) is 5.69 Å². The molecule has 170 valence electrons. The van der Waals surface area contributed by atoms with E-state index in [0.717, 1.165) is 5.56 Å². The number of piperazine rings is 1. The van der Waals surface area contributed by atoms with E-state index >= 15 is 0 Å². The van der Waals surface area contributed by atoms with Crippen molar-refractivity contribution in [2.75, 3.05) is 37.7 Å². The monoisotopic (exact) mass is 447 g/mol. The Labute approximate surface area is 192 Å². The Morgan fingerprint density at radius 2 is 1.61 bits per heavy atom. The van der Waals surface area contributed by atoms with Gasteiger partial charge in [-0.05, 0) is 35.9 Å². The number of amides is 2. The predicted octanol–water partition coefficient (Wildman–Crippen LogP) is 3.48. The van der Waals surface area contributed by atoms with Gasteiger partial charge in [-0.15, -0.1) is 0 Å². The number of hydrogen-bond acceptors (Lipinski definition) is 4. The largest absolute Gasteiger partial charge is 0.484 e. The number of nitrogens with zero attached hydrogens (tertiary/aromatic N) is 2. The van der Waals surface area contributed by atoms with E-state index in [9.17, 15) is 14.0 Å². The topological polar surface area (TPSA) is 61.9 Å². The lowest BCUT2D eigenvalue weighted by Crippen LogP contribution is -2.50. The third-order valence-electron chi connectivity index (χ3n) is 5.58. The van der Waals surface area contributed by atoms with Crippen LogP contribution in [-0.4, -0.2) is 49.5 Å². The van der Waals surface area contributed by atoms with Crippen LogP contribution >= 0.6 is 0 Å². The minimum Gasteiger partial charge on any atom is -0.484 e. The number of para-hydroxylation sites is 1. The van der Waals surface area contributed by atoms with Gasteiger partial charge in [-0.25, -0.2) is 4.39 Å². The van der Waals surface area contributed by atoms with Crippen LogP contribution in [0.25, 0.3) is 0 Å². The molecule has 0 atom stereocenters. The minimum atomic E-state index is -0.256. The van der Waals surface area contributed by atoms with Crippen molar-refractivity contribution in [3.63, 3.8) is 0 Å². The zero-order chi connectivity index (χ0) is 23.0. The molecule has 0 bridgehead atoms. The molecule has 3 aromatic rings. The van der Waals surface area contributed by atoms with Gasteiger partial charge >= 0.3 is 0 Å². The molecule has 1 aliphatic heterocycles. The number of carbonyl (C=O) groups is 2. The number of carbonyl (C=O) groups excluding carboxylic acids is 2. The fourth-order valence-electron chi connectivity index (χ4n) is 3.75. The van der Waals surface area contributed by atoms with Gasteiger partial charge in [0.1, 0.15) is 11.6 Å². The second-order valence-electron chi connectivity index (χ2n) is 7.80. The lowest BCUT2D eigenvalue weighted by molar-refractivity contribution is -0.133. The molecular weight excluding hydrogens is 421 g/mol. The molecule has 1 fully saturated rings. The first kappa shape index (κ1) is 22.3. The van der Waals surface area contributed by atoms with Gasteiger partial charge in [-0.3, -0.25) is 9.59 Å². The first-order valence-electron chi connectivity index (χ1n) is 10.9. The average molecular weight is 448 g/mol. The van der Waals surface area contributed by atoms with Crippen molar-refractivity contribution in [2.45, 2.75) is 6.54 Å². The van der Waals surface area contributed by atoms with Crippen LogP contribution in [0.15, 0.2) is 78.9 Å². The van der Waals surface area contributed by atoms with E-state index in [1.807, 2.05) is 35.2 Å². The van der Waals surface area contributed by atoms with Crippen molar-refractivity contribution in [3.8, 4) is 5.75 Å². The first-order chi connectivity index (χ1) is 16.1. The molecule has 0 aromatic heterocycles. The summed E-state index contributed by atoms with van der Waals surface area (Å²) in [6, 6.07) is 23.1. The summed E-state index contributed by atoms with van der Waals surface area (Å²) in [5, 5.41) is 2.88. The Balaban J connectivity index is 1.26. The van der Waals surface area contributed by atoms with Gasteiger partial charge in [-0.2, -0.15) is 0 Å². The molecule has 33 heavy (non-hydrogen) atoms. The molecule has 0 saturated carbocycles. The van der Waals surface area contributed by atoms with Gasteiger partial charge in [0.15, 0.2) is 6.61 Å². The number of halogens is 1. The molecule has 0 radical (unpaired) electrons. The number of ether oxygens (including phenoxy) is 1. The van der Waals surface area contributed by atoms with Gasteiger partial charge in [0.25, 0.3) is 11.8 Å². The van der Waals surface area contributed by atoms with E-state index in [4.69, 9.17) is 4.74 Å². The van der Waals surface area contributed by atoms with Gasteiger partial charge in [-0.1, -0.05) is 48.5 Å². The predicted molar refractivity (Wildman–Crippen MR) is 125 cm³/mol. The zero-order valence-electron chi connectivity index (χ0n) is 18.2. The van der Waals surface area contributed by atoms with Crippen molar-refractivity contribution in [1.82, 2.24) is 10.2 Å². The maximum atomic E-state index is 14.0. The Morgan fingerprint density at radius 3 is 2.36 bits per heavy atom. The van der Waals surface area contributed by atoms with E-state index in [-0.39, 0.29) is 24.2 Å². The highest BCUT2D eigenvalue weighted by Crippen LogP contribution is 2.20. The quantitative estimate of drug-likeness (QED) is 0.603. The fraction of sp³-hybridized carbons (Fsp3) is 0.231. The van der Waals surface area contributed by atoms with Crippen LogP contribution in [0.2, 0.25) is 0 Å². The van der Waals surface area contributed by atoms with Crippen LogP contribution in [0, 0.1) is 5.82 Å². The summed E-state index contributed by atoms with van der Waals surface area (Å²) in [5.74, 6) is -0.143. The number of hydrogen-bond donors (Lipinski definition) is 1. The summed E-state index contributed by atoms with van der Waals surface area (Å²) in [5.41, 5.74) is 2.04. The van der Waals surface area contributed by atoms with Crippen LogP contribution < -0.4 is 15.0 Å². The highest BCUT2D eigenvalue weighted by atomic mass is 19.1. The molecule has 4 rings (SSSR count). The second kappa shape index (κ2) is 10.6. The van der Waals surface area contributed by atoms with Crippen molar-refractivity contribution < 1.29 is 18.7 Å². The zero-order valence-corrected chi connectivity index (χ0v) is 18.2. The SMILES string of the molecule is O=C(NCc1ccccc1)c1cccc(OCC(=O)N2CCN(c3ccccc3F)CC2)c1. The van der Waals surface area contributed by atoms with Crippen LogP contribution in [-0.2, 0) is 11.3 Å². The summed E-state index contributed by atoms with van der Waals surface area (Å²) in [4.78, 5) is 28.7. The van der Waals surface area contributed by atoms with E-state index in [1.165, 1.54) is 6.07 Å². The molecule has 7 heteroatoms. The molecule has 1 saturated heterocycles. The van der Waals surface area contributed by atoms with Crippen molar-refractivity contribution in [1.29, 1.82) is 0 Å². The highest BCUT2D eigenvalue weighted by Gasteiger charge is 2.23. The third-order valence-corrected chi connectivity index (χ3v) is 5.58. The van der Waals surface area contributed by atoms with Crippen molar-refractivity contribution >= 4 is 17.5 Å². The van der Waals surface area contributed by atoms with E-state index in [0.29, 0.717) is 49.7 Å². The number of rotatable bonds is 7. The first-order valence-corrected chi connectivity index (χ1v) is 10.9. The highest BCUT2D eigenvalue weighted by molar-refractivity contribution is 5.94. The van der Waals surface area contributed by atoms with Crippen molar-refractivity contribution in [2.24, 2.45) is 0 Å². The third kappa shape index (κ3) is 5.88. The maximum Gasteiger partial charge on any atom is 0.260 e. The number of benzene rings is 3. The number of anilines is 1. The Morgan fingerprint density at radius 1 is 0.879 bits per heavy atom. The van der Waals surface area contributed by atoms with E-state index in [2.05, 4.69) is 5.32 Å².